The van der Waals surface area contributed by atoms with Crippen molar-refractivity contribution in [1.82, 2.24) is 4.90 Å². The lowest BCUT2D eigenvalue weighted by Crippen LogP contribution is -2.43. The first-order chi connectivity index (χ1) is 15.7. The number of rotatable bonds is 4. The number of amides is 1. The van der Waals surface area contributed by atoms with Crippen molar-refractivity contribution in [3.05, 3.63) is 47.2 Å². The molecule has 2 saturated heterocycles. The van der Waals surface area contributed by atoms with Crippen LogP contribution in [0.1, 0.15) is 52.9 Å². The molecule has 2 aliphatic heterocycles. The molecule has 0 bridgehead atoms. The summed E-state index contributed by atoms with van der Waals surface area (Å²) in [6.07, 6.45) is 4.88. The summed E-state index contributed by atoms with van der Waals surface area (Å²) in [5.41, 5.74) is 3.27. The molecular weight excluding hydrogens is 441 g/mol. The predicted molar refractivity (Wildman–Crippen MR) is 132 cm³/mol. The van der Waals surface area contributed by atoms with Crippen molar-refractivity contribution in [3.63, 3.8) is 0 Å². The van der Waals surface area contributed by atoms with Crippen molar-refractivity contribution < 1.29 is 13.9 Å². The molecule has 2 fully saturated rings. The van der Waals surface area contributed by atoms with E-state index in [1.54, 1.807) is 17.0 Å². The highest BCUT2D eigenvalue weighted by molar-refractivity contribution is 6.31. The summed E-state index contributed by atoms with van der Waals surface area (Å²) in [4.78, 5) is 16.9. The first-order valence-corrected chi connectivity index (χ1v) is 12.2. The first kappa shape index (κ1) is 23.7. The molecular formula is C26H33ClFN3O2. The Balaban J connectivity index is 1.65. The molecule has 0 unspecified atom stereocenters. The number of halogens is 2. The molecule has 1 atom stereocenters. The number of hydrogen-bond acceptors (Lipinski definition) is 4. The van der Waals surface area contributed by atoms with Gasteiger partial charge in [0.25, 0.3) is 0 Å². The van der Waals surface area contributed by atoms with Crippen LogP contribution in [0.4, 0.5) is 20.6 Å². The van der Waals surface area contributed by atoms with E-state index in [1.807, 2.05) is 20.8 Å². The van der Waals surface area contributed by atoms with Gasteiger partial charge in [0.05, 0.1) is 5.02 Å². The lowest BCUT2D eigenvalue weighted by atomic mass is 10.0. The maximum absolute atomic E-state index is 13.9. The van der Waals surface area contributed by atoms with Crippen LogP contribution in [0.25, 0.3) is 11.1 Å². The molecule has 1 amide bonds. The molecule has 0 saturated carbocycles. The third-order valence-electron chi connectivity index (χ3n) is 6.16. The van der Waals surface area contributed by atoms with E-state index in [2.05, 4.69) is 28.4 Å². The summed E-state index contributed by atoms with van der Waals surface area (Å²) in [5.74, 6) is -0.436. The predicted octanol–water partition coefficient (Wildman–Crippen LogP) is 6.91. The molecule has 0 spiro atoms. The van der Waals surface area contributed by atoms with Gasteiger partial charge in [-0.3, -0.25) is 4.90 Å². The lowest BCUT2D eigenvalue weighted by Gasteiger charge is -2.31. The van der Waals surface area contributed by atoms with Gasteiger partial charge >= 0.3 is 6.09 Å². The Kier molecular flexibility index (Phi) is 7.03. The molecule has 2 aromatic rings. The SMILES string of the molecule is CC(C)(C)OC(=O)N1CCC[C@H]1Nc1ccc(N2CCCCC2)cc1-c1ccc(F)c(Cl)c1. The standard InChI is InChI=1S/C26H33ClFN3O2/c1-26(2,3)33-25(32)31-15-7-8-24(31)29-23-12-10-19(30-13-5-4-6-14-30)17-20(23)18-9-11-22(28)21(27)16-18/h9-12,16-17,24,29H,4-8,13-15H2,1-3H3/t24-/m0/s1. The van der Waals surface area contributed by atoms with Crippen LogP contribution in [0.15, 0.2) is 36.4 Å². The third-order valence-corrected chi connectivity index (χ3v) is 6.45. The smallest absolute Gasteiger partial charge is 0.411 e. The zero-order chi connectivity index (χ0) is 23.6. The van der Waals surface area contributed by atoms with Gasteiger partial charge < -0.3 is 15.0 Å². The van der Waals surface area contributed by atoms with E-state index in [9.17, 15) is 9.18 Å². The Bertz CT molecular complexity index is 1000. The quantitative estimate of drug-likeness (QED) is 0.524. The number of hydrogen-bond donors (Lipinski definition) is 1. The van der Waals surface area contributed by atoms with E-state index in [1.165, 1.54) is 25.3 Å². The minimum Gasteiger partial charge on any atom is -0.444 e. The van der Waals surface area contributed by atoms with Crippen LogP contribution < -0.4 is 10.2 Å². The van der Waals surface area contributed by atoms with Crippen molar-refractivity contribution in [1.29, 1.82) is 0 Å². The number of nitrogens with zero attached hydrogens (tertiary/aromatic N) is 2. The highest BCUT2D eigenvalue weighted by Crippen LogP contribution is 2.36. The molecule has 4 rings (SSSR count). The number of carbonyl (C=O) groups is 1. The van der Waals surface area contributed by atoms with Crippen molar-refractivity contribution >= 4 is 29.1 Å². The van der Waals surface area contributed by atoms with Crippen LogP contribution in [0.3, 0.4) is 0 Å². The molecule has 0 aliphatic carbocycles. The van der Waals surface area contributed by atoms with Gasteiger partial charge in [0.15, 0.2) is 0 Å². The number of anilines is 2. The third kappa shape index (κ3) is 5.72. The maximum atomic E-state index is 13.9. The largest absolute Gasteiger partial charge is 0.444 e. The van der Waals surface area contributed by atoms with Gasteiger partial charge in [-0.05, 0) is 88.8 Å². The van der Waals surface area contributed by atoms with E-state index in [4.69, 9.17) is 16.3 Å². The zero-order valence-corrected chi connectivity index (χ0v) is 20.4. The molecule has 0 aromatic heterocycles. The maximum Gasteiger partial charge on any atom is 0.411 e. The average Bonchev–Trinajstić information content (AvgIpc) is 3.24. The Morgan fingerprint density at radius 3 is 2.52 bits per heavy atom. The average molecular weight is 474 g/mol. The first-order valence-electron chi connectivity index (χ1n) is 11.8. The van der Waals surface area contributed by atoms with E-state index < -0.39 is 11.4 Å². The minimum atomic E-state index is -0.545. The molecule has 2 heterocycles. The summed E-state index contributed by atoms with van der Waals surface area (Å²) >= 11 is 6.13. The molecule has 33 heavy (non-hydrogen) atoms. The molecule has 7 heteroatoms. The van der Waals surface area contributed by atoms with Gasteiger partial charge in [-0.2, -0.15) is 0 Å². The second-order valence-corrected chi connectivity index (χ2v) is 10.3. The molecule has 1 N–H and O–H groups in total. The van der Waals surface area contributed by atoms with Crippen LogP contribution in [-0.2, 0) is 4.74 Å². The van der Waals surface area contributed by atoms with Gasteiger partial charge in [-0.25, -0.2) is 9.18 Å². The summed E-state index contributed by atoms with van der Waals surface area (Å²) in [6, 6.07) is 11.1. The van der Waals surface area contributed by atoms with Gasteiger partial charge in [-0.1, -0.05) is 17.7 Å². The van der Waals surface area contributed by atoms with Gasteiger partial charge in [0.1, 0.15) is 17.6 Å². The van der Waals surface area contributed by atoms with Crippen molar-refractivity contribution in [2.45, 2.75) is 64.6 Å². The van der Waals surface area contributed by atoms with Crippen molar-refractivity contribution in [2.24, 2.45) is 0 Å². The van der Waals surface area contributed by atoms with Crippen LogP contribution in [0, 0.1) is 5.82 Å². The van der Waals surface area contributed by atoms with Crippen LogP contribution >= 0.6 is 11.6 Å². The molecule has 5 nitrogen and oxygen atoms in total. The molecule has 178 valence electrons. The van der Waals surface area contributed by atoms with E-state index >= 15 is 0 Å². The monoisotopic (exact) mass is 473 g/mol. The van der Waals surface area contributed by atoms with Gasteiger partial charge in [0, 0.05) is 36.6 Å². The molecule has 2 aliphatic rings. The number of ether oxygens (including phenoxy) is 1. The number of carbonyl (C=O) groups excluding carboxylic acids is 1. The van der Waals surface area contributed by atoms with E-state index in [0.29, 0.717) is 6.54 Å². The van der Waals surface area contributed by atoms with Gasteiger partial charge in [-0.15, -0.1) is 0 Å². The Morgan fingerprint density at radius 2 is 1.82 bits per heavy atom. The van der Waals surface area contributed by atoms with Crippen LogP contribution in [-0.4, -0.2) is 42.4 Å². The summed E-state index contributed by atoms with van der Waals surface area (Å²) < 4.78 is 19.5. The second-order valence-electron chi connectivity index (χ2n) is 9.88. The van der Waals surface area contributed by atoms with E-state index in [0.717, 1.165) is 48.4 Å². The Hall–Kier alpha value is -2.47. The highest BCUT2D eigenvalue weighted by Gasteiger charge is 2.32. The topological polar surface area (TPSA) is 44.8 Å². The normalized spacial score (nSPS) is 19.0. The lowest BCUT2D eigenvalue weighted by molar-refractivity contribution is 0.0244. The fourth-order valence-corrected chi connectivity index (χ4v) is 4.73. The fraction of sp³-hybridized carbons (Fsp3) is 0.500. The summed E-state index contributed by atoms with van der Waals surface area (Å²) in [7, 11) is 0. The minimum absolute atomic E-state index is 0.0954. The molecule has 2 aromatic carbocycles. The summed E-state index contributed by atoms with van der Waals surface area (Å²) in [6.45, 7) is 8.34. The van der Waals surface area contributed by atoms with E-state index in [-0.39, 0.29) is 17.3 Å². The number of benzene rings is 2. The fourth-order valence-electron chi connectivity index (χ4n) is 4.54. The van der Waals surface area contributed by atoms with Crippen LogP contribution in [0.5, 0.6) is 0 Å². The molecule has 0 radical (unpaired) electrons. The summed E-state index contributed by atoms with van der Waals surface area (Å²) in [5, 5.41) is 3.65. The van der Waals surface area contributed by atoms with Crippen LogP contribution in [0.2, 0.25) is 5.02 Å². The number of nitrogens with one attached hydrogen (secondary N) is 1. The van der Waals surface area contributed by atoms with Crippen molar-refractivity contribution in [3.8, 4) is 11.1 Å². The Morgan fingerprint density at radius 1 is 1.06 bits per heavy atom. The second kappa shape index (κ2) is 9.80. The van der Waals surface area contributed by atoms with Crippen molar-refractivity contribution in [2.75, 3.05) is 29.9 Å². The number of likely N-dealkylation sites (tertiary alicyclic amines) is 1. The Labute approximate surface area is 200 Å². The zero-order valence-electron chi connectivity index (χ0n) is 19.7. The van der Waals surface area contributed by atoms with Gasteiger partial charge in [0.2, 0.25) is 0 Å². The highest BCUT2D eigenvalue weighted by atomic mass is 35.5. The number of piperidine rings is 1.